The van der Waals surface area contributed by atoms with E-state index in [4.69, 9.17) is 0 Å². The van der Waals surface area contributed by atoms with E-state index in [9.17, 15) is 0 Å². The molecule has 9 rings (SSSR count). The molecule has 0 aliphatic carbocycles. The summed E-state index contributed by atoms with van der Waals surface area (Å²) in [6.07, 6.45) is 0. The second-order valence-corrected chi connectivity index (χ2v) is 11.4. The van der Waals surface area contributed by atoms with Gasteiger partial charge in [-0.05, 0) is 91.0 Å². The van der Waals surface area contributed by atoms with Crippen molar-refractivity contribution >= 4 is 54.1 Å². The maximum absolute atomic E-state index is 2.40. The number of benzene rings is 8. The van der Waals surface area contributed by atoms with Crippen LogP contribution in [0.2, 0.25) is 0 Å². The average molecular weight is 546 g/mol. The number of nitrogens with zero attached hydrogens (tertiary/aromatic N) is 1. The van der Waals surface area contributed by atoms with E-state index in [-0.39, 0.29) is 0 Å². The Labute approximate surface area is 249 Å². The van der Waals surface area contributed by atoms with Gasteiger partial charge in [0.05, 0.1) is 11.0 Å². The van der Waals surface area contributed by atoms with Crippen LogP contribution in [0.3, 0.4) is 0 Å². The molecule has 1 aromatic heterocycles. The van der Waals surface area contributed by atoms with Crippen molar-refractivity contribution in [2.45, 2.75) is 0 Å². The second-order valence-electron chi connectivity index (χ2n) is 11.4. The summed E-state index contributed by atoms with van der Waals surface area (Å²) in [6.45, 7) is 0. The predicted molar refractivity (Wildman–Crippen MR) is 184 cm³/mol. The number of hydrogen-bond donors (Lipinski definition) is 0. The van der Waals surface area contributed by atoms with Gasteiger partial charge in [0.25, 0.3) is 0 Å². The summed E-state index contributed by atoms with van der Waals surface area (Å²) in [7, 11) is 0. The Morgan fingerprint density at radius 2 is 0.907 bits per heavy atom. The maximum Gasteiger partial charge on any atom is 0.0541 e. The van der Waals surface area contributed by atoms with Gasteiger partial charge in [-0.2, -0.15) is 0 Å². The summed E-state index contributed by atoms with van der Waals surface area (Å²) in [5.41, 5.74) is 8.59. The molecule has 0 bridgehead atoms. The Kier molecular flexibility index (Phi) is 5.27. The molecular weight excluding hydrogens is 518 g/mol. The third-order valence-electron chi connectivity index (χ3n) is 8.96. The van der Waals surface area contributed by atoms with Crippen molar-refractivity contribution in [3.63, 3.8) is 0 Å². The number of para-hydroxylation sites is 1. The van der Waals surface area contributed by atoms with E-state index in [1.807, 2.05) is 0 Å². The molecule has 0 saturated heterocycles. The van der Waals surface area contributed by atoms with Gasteiger partial charge in [0.2, 0.25) is 0 Å². The molecule has 43 heavy (non-hydrogen) atoms. The summed E-state index contributed by atoms with van der Waals surface area (Å²) >= 11 is 0. The topological polar surface area (TPSA) is 4.93 Å². The molecule has 0 aliphatic heterocycles. The van der Waals surface area contributed by atoms with Crippen LogP contribution in [0, 0.1) is 0 Å². The van der Waals surface area contributed by atoms with Gasteiger partial charge in [0, 0.05) is 16.5 Å². The van der Waals surface area contributed by atoms with E-state index in [1.165, 1.54) is 82.1 Å². The number of hydrogen-bond acceptors (Lipinski definition) is 0. The Bertz CT molecular complexity index is 2500. The van der Waals surface area contributed by atoms with Crippen molar-refractivity contribution < 1.29 is 0 Å². The Morgan fingerprint density at radius 3 is 1.74 bits per heavy atom. The minimum Gasteiger partial charge on any atom is -0.309 e. The molecule has 0 unspecified atom stereocenters. The van der Waals surface area contributed by atoms with Crippen LogP contribution in [-0.2, 0) is 0 Å². The quantitative estimate of drug-likeness (QED) is 0.195. The summed E-state index contributed by atoms with van der Waals surface area (Å²) in [5.74, 6) is 0. The highest BCUT2D eigenvalue weighted by Crippen LogP contribution is 2.38. The minimum absolute atomic E-state index is 1.18. The van der Waals surface area contributed by atoms with Gasteiger partial charge in [0.15, 0.2) is 0 Å². The monoisotopic (exact) mass is 545 g/mol. The molecule has 0 radical (unpaired) electrons. The molecule has 0 aliphatic rings. The van der Waals surface area contributed by atoms with Crippen LogP contribution < -0.4 is 0 Å². The largest absolute Gasteiger partial charge is 0.309 e. The van der Waals surface area contributed by atoms with E-state index in [0.717, 1.165) is 0 Å². The van der Waals surface area contributed by atoms with Gasteiger partial charge in [-0.15, -0.1) is 0 Å². The normalized spacial score (nSPS) is 11.7. The third kappa shape index (κ3) is 3.79. The van der Waals surface area contributed by atoms with Gasteiger partial charge < -0.3 is 4.57 Å². The van der Waals surface area contributed by atoms with E-state index in [0.29, 0.717) is 0 Å². The average Bonchev–Trinajstić information content (AvgIpc) is 3.41. The zero-order valence-electron chi connectivity index (χ0n) is 23.5. The van der Waals surface area contributed by atoms with E-state index in [2.05, 4.69) is 168 Å². The summed E-state index contributed by atoms with van der Waals surface area (Å²) in [4.78, 5) is 0. The molecule has 0 atom stereocenters. The van der Waals surface area contributed by atoms with Crippen LogP contribution in [0.4, 0.5) is 0 Å². The first-order chi connectivity index (χ1) is 21.3. The maximum atomic E-state index is 2.40. The molecule has 8 aromatic carbocycles. The number of fused-ring (bicyclic) bond motifs is 7. The van der Waals surface area contributed by atoms with E-state index >= 15 is 0 Å². The lowest BCUT2D eigenvalue weighted by Gasteiger charge is -2.12. The Morgan fingerprint density at radius 1 is 0.302 bits per heavy atom. The highest BCUT2D eigenvalue weighted by atomic mass is 15.0. The zero-order valence-corrected chi connectivity index (χ0v) is 23.5. The van der Waals surface area contributed by atoms with Crippen LogP contribution in [0.25, 0.3) is 82.1 Å². The Balaban J connectivity index is 1.17. The zero-order chi connectivity index (χ0) is 28.3. The van der Waals surface area contributed by atoms with Crippen LogP contribution >= 0.6 is 0 Å². The van der Waals surface area contributed by atoms with Crippen molar-refractivity contribution in [2.24, 2.45) is 0 Å². The summed E-state index contributed by atoms with van der Waals surface area (Å²) in [5, 5.41) is 10.2. The molecule has 0 N–H and O–H groups in total. The molecule has 0 fully saturated rings. The minimum atomic E-state index is 1.18. The van der Waals surface area contributed by atoms with Crippen LogP contribution in [0.15, 0.2) is 164 Å². The number of rotatable bonds is 3. The van der Waals surface area contributed by atoms with Crippen LogP contribution in [0.1, 0.15) is 0 Å². The summed E-state index contributed by atoms with van der Waals surface area (Å²) in [6, 6.07) is 59.8. The first-order valence-electron chi connectivity index (χ1n) is 14.9. The van der Waals surface area contributed by atoms with Gasteiger partial charge in [-0.1, -0.05) is 127 Å². The lowest BCUT2D eigenvalue weighted by Crippen LogP contribution is -1.93. The lowest BCUT2D eigenvalue weighted by atomic mass is 9.92. The highest BCUT2D eigenvalue weighted by molar-refractivity contribution is 6.14. The Hall–Kier alpha value is -5.66. The van der Waals surface area contributed by atoms with Crippen molar-refractivity contribution in [1.29, 1.82) is 0 Å². The van der Waals surface area contributed by atoms with Crippen molar-refractivity contribution in [2.75, 3.05) is 0 Å². The van der Waals surface area contributed by atoms with Crippen molar-refractivity contribution in [3.05, 3.63) is 164 Å². The molecule has 9 aromatic rings. The standard InChI is InChI=1S/C42H27N/c1-2-10-31-25-34(23-21-28(31)9-1)43-41-16-8-7-15-38(41)40-26-32(22-24-42(40)43)29-17-19-30(20-18-29)39-27-33-11-3-4-12-35(33)36-13-5-6-14-37(36)39/h1-27H. The van der Waals surface area contributed by atoms with Crippen molar-refractivity contribution in [1.82, 2.24) is 4.57 Å². The van der Waals surface area contributed by atoms with Gasteiger partial charge in [-0.25, -0.2) is 0 Å². The number of aromatic nitrogens is 1. The first kappa shape index (κ1) is 24.0. The molecule has 1 heterocycles. The second kappa shape index (κ2) is 9.44. The molecule has 1 heteroatoms. The molecular formula is C42H27N. The third-order valence-corrected chi connectivity index (χ3v) is 8.96. The van der Waals surface area contributed by atoms with Crippen molar-refractivity contribution in [3.8, 4) is 27.9 Å². The predicted octanol–water partition coefficient (Wildman–Crippen LogP) is 11.6. The lowest BCUT2D eigenvalue weighted by molar-refractivity contribution is 1.19. The molecule has 0 saturated carbocycles. The fourth-order valence-electron chi connectivity index (χ4n) is 6.88. The fourth-order valence-corrected chi connectivity index (χ4v) is 6.88. The van der Waals surface area contributed by atoms with Gasteiger partial charge in [0.1, 0.15) is 0 Å². The van der Waals surface area contributed by atoms with Gasteiger partial charge in [-0.3, -0.25) is 0 Å². The SMILES string of the molecule is c1ccc2cc(-n3c4ccccc4c4cc(-c5ccc(-c6cc7ccccc7c7ccccc67)cc5)ccc43)ccc2c1. The smallest absolute Gasteiger partial charge is 0.0541 e. The van der Waals surface area contributed by atoms with Crippen LogP contribution in [-0.4, -0.2) is 4.57 Å². The first-order valence-corrected chi connectivity index (χ1v) is 14.9. The molecule has 1 nitrogen and oxygen atoms in total. The fraction of sp³-hybridized carbons (Fsp3) is 0. The van der Waals surface area contributed by atoms with Crippen LogP contribution in [0.5, 0.6) is 0 Å². The molecule has 0 spiro atoms. The van der Waals surface area contributed by atoms with E-state index in [1.54, 1.807) is 0 Å². The molecule has 200 valence electrons. The van der Waals surface area contributed by atoms with E-state index < -0.39 is 0 Å². The van der Waals surface area contributed by atoms with Gasteiger partial charge >= 0.3 is 0 Å². The molecule has 0 amide bonds. The highest BCUT2D eigenvalue weighted by Gasteiger charge is 2.14. The summed E-state index contributed by atoms with van der Waals surface area (Å²) < 4.78 is 2.40.